The van der Waals surface area contributed by atoms with E-state index in [9.17, 15) is 4.79 Å². The minimum Gasteiger partial charge on any atom is -0.476 e. The highest BCUT2D eigenvalue weighted by atomic mass is 16.4. The first-order chi connectivity index (χ1) is 10.5. The molecule has 0 radical (unpaired) electrons. The molecule has 0 saturated carbocycles. The largest absolute Gasteiger partial charge is 0.476 e. The van der Waals surface area contributed by atoms with Gasteiger partial charge in [-0.3, -0.25) is 0 Å². The Bertz CT molecular complexity index is 601. The van der Waals surface area contributed by atoms with Crippen LogP contribution in [0.25, 0.3) is 0 Å². The standard InChI is InChI=1S/C16H20N4O2/c1-12(10-20(2)11-13-6-4-3-5-7-13)19-15-9-17-14(8-18-15)16(21)22/h3-9,12H,10-11H2,1-2H3,(H,18,19)(H,21,22). The Kier molecular flexibility index (Phi) is 5.43. The van der Waals surface area contributed by atoms with Gasteiger partial charge in [-0.2, -0.15) is 0 Å². The number of benzene rings is 1. The zero-order valence-corrected chi connectivity index (χ0v) is 12.7. The summed E-state index contributed by atoms with van der Waals surface area (Å²) in [6.45, 7) is 3.75. The molecule has 2 N–H and O–H groups in total. The number of nitrogens with one attached hydrogen (secondary N) is 1. The van der Waals surface area contributed by atoms with Gasteiger partial charge in [-0.25, -0.2) is 14.8 Å². The van der Waals surface area contributed by atoms with Crippen LogP contribution in [0.3, 0.4) is 0 Å². The highest BCUT2D eigenvalue weighted by Gasteiger charge is 2.09. The molecule has 0 aliphatic carbocycles. The topological polar surface area (TPSA) is 78.4 Å². The van der Waals surface area contributed by atoms with Crippen LogP contribution >= 0.6 is 0 Å². The first-order valence-electron chi connectivity index (χ1n) is 7.09. The third kappa shape index (κ3) is 4.82. The van der Waals surface area contributed by atoms with Crippen LogP contribution in [0.5, 0.6) is 0 Å². The maximum Gasteiger partial charge on any atom is 0.356 e. The first-order valence-corrected chi connectivity index (χ1v) is 7.09. The third-order valence-electron chi connectivity index (χ3n) is 3.15. The van der Waals surface area contributed by atoms with Crippen LogP contribution < -0.4 is 5.32 Å². The fourth-order valence-electron chi connectivity index (χ4n) is 2.24. The van der Waals surface area contributed by atoms with Gasteiger partial charge in [0.25, 0.3) is 0 Å². The maximum absolute atomic E-state index is 10.7. The molecule has 1 aromatic carbocycles. The van der Waals surface area contributed by atoms with Crippen molar-refractivity contribution in [1.29, 1.82) is 0 Å². The molecule has 0 amide bonds. The van der Waals surface area contributed by atoms with Gasteiger partial charge >= 0.3 is 5.97 Å². The summed E-state index contributed by atoms with van der Waals surface area (Å²) in [6.07, 6.45) is 2.70. The lowest BCUT2D eigenvalue weighted by atomic mass is 10.2. The third-order valence-corrected chi connectivity index (χ3v) is 3.15. The number of hydrogen-bond donors (Lipinski definition) is 2. The number of carbonyl (C=O) groups is 1. The van der Waals surface area contributed by atoms with E-state index in [2.05, 4.69) is 39.4 Å². The van der Waals surface area contributed by atoms with Crippen LogP contribution in [0.15, 0.2) is 42.7 Å². The van der Waals surface area contributed by atoms with Crippen molar-refractivity contribution in [3.8, 4) is 0 Å². The van der Waals surface area contributed by atoms with Gasteiger partial charge < -0.3 is 15.3 Å². The van der Waals surface area contributed by atoms with Crippen molar-refractivity contribution < 1.29 is 9.90 Å². The minimum atomic E-state index is -1.07. The number of carboxylic acids is 1. The number of aromatic nitrogens is 2. The van der Waals surface area contributed by atoms with Crippen LogP contribution in [-0.2, 0) is 6.54 Å². The number of hydrogen-bond acceptors (Lipinski definition) is 5. The molecule has 116 valence electrons. The van der Waals surface area contributed by atoms with E-state index in [4.69, 9.17) is 5.11 Å². The molecule has 0 aliphatic rings. The molecule has 0 fully saturated rings. The number of likely N-dealkylation sites (N-methyl/N-ethyl adjacent to an activating group) is 1. The second-order valence-electron chi connectivity index (χ2n) is 5.32. The second kappa shape index (κ2) is 7.51. The predicted octanol–water partition coefficient (Wildman–Crippen LogP) is 2.11. The fraction of sp³-hybridized carbons (Fsp3) is 0.312. The van der Waals surface area contributed by atoms with Gasteiger partial charge in [0.15, 0.2) is 5.69 Å². The van der Waals surface area contributed by atoms with Gasteiger partial charge in [0.05, 0.1) is 12.4 Å². The zero-order chi connectivity index (χ0) is 15.9. The second-order valence-corrected chi connectivity index (χ2v) is 5.32. The summed E-state index contributed by atoms with van der Waals surface area (Å²) < 4.78 is 0. The van der Waals surface area contributed by atoms with Gasteiger partial charge in [0.1, 0.15) is 5.82 Å². The zero-order valence-electron chi connectivity index (χ0n) is 12.7. The summed E-state index contributed by atoms with van der Waals surface area (Å²) in [7, 11) is 2.06. The lowest BCUT2D eigenvalue weighted by molar-refractivity contribution is 0.0690. The van der Waals surface area contributed by atoms with Crippen molar-refractivity contribution in [2.45, 2.75) is 19.5 Å². The minimum absolute atomic E-state index is 0.0561. The SMILES string of the molecule is CC(CN(C)Cc1ccccc1)Nc1cnc(C(=O)O)cn1. The Morgan fingerprint density at radius 3 is 2.59 bits per heavy atom. The van der Waals surface area contributed by atoms with Crippen molar-refractivity contribution in [2.75, 3.05) is 18.9 Å². The molecule has 0 aliphatic heterocycles. The number of anilines is 1. The lowest BCUT2D eigenvalue weighted by Crippen LogP contribution is -2.32. The van der Waals surface area contributed by atoms with Crippen LogP contribution in [0.1, 0.15) is 23.0 Å². The molecule has 6 heteroatoms. The summed E-state index contributed by atoms with van der Waals surface area (Å²) in [4.78, 5) is 20.8. The fourth-order valence-corrected chi connectivity index (χ4v) is 2.24. The maximum atomic E-state index is 10.7. The number of rotatable bonds is 7. The number of carboxylic acid groups (broad SMARTS) is 1. The predicted molar refractivity (Wildman–Crippen MR) is 84.9 cm³/mol. The number of nitrogens with zero attached hydrogens (tertiary/aromatic N) is 3. The summed E-state index contributed by atoms with van der Waals surface area (Å²) in [5.41, 5.74) is 1.21. The molecule has 0 spiro atoms. The Hall–Kier alpha value is -2.47. The molecule has 0 bridgehead atoms. The van der Waals surface area contributed by atoms with Crippen molar-refractivity contribution in [1.82, 2.24) is 14.9 Å². The quantitative estimate of drug-likeness (QED) is 0.815. The Morgan fingerprint density at radius 1 is 1.27 bits per heavy atom. The lowest BCUT2D eigenvalue weighted by Gasteiger charge is -2.22. The molecule has 2 rings (SSSR count). The van der Waals surface area contributed by atoms with E-state index in [0.29, 0.717) is 5.82 Å². The normalized spacial score (nSPS) is 12.1. The van der Waals surface area contributed by atoms with E-state index in [1.807, 2.05) is 25.1 Å². The summed E-state index contributed by atoms with van der Waals surface area (Å²) in [5, 5.41) is 12.0. The van der Waals surface area contributed by atoms with Crippen molar-refractivity contribution >= 4 is 11.8 Å². The van der Waals surface area contributed by atoms with E-state index in [1.165, 1.54) is 18.0 Å². The highest BCUT2D eigenvalue weighted by molar-refractivity contribution is 5.84. The van der Waals surface area contributed by atoms with Crippen LogP contribution in [0.2, 0.25) is 0 Å². The summed E-state index contributed by atoms with van der Waals surface area (Å²) >= 11 is 0. The Morgan fingerprint density at radius 2 is 2.00 bits per heavy atom. The van der Waals surface area contributed by atoms with Crippen molar-refractivity contribution in [3.05, 3.63) is 54.0 Å². The number of aromatic carboxylic acids is 1. The molecule has 6 nitrogen and oxygen atoms in total. The Balaban J connectivity index is 1.84. The van der Waals surface area contributed by atoms with Gasteiger partial charge in [0.2, 0.25) is 0 Å². The van der Waals surface area contributed by atoms with Gasteiger partial charge in [-0.05, 0) is 19.5 Å². The molecule has 2 aromatic rings. The molecule has 1 aromatic heterocycles. The summed E-state index contributed by atoms with van der Waals surface area (Å²) in [5.74, 6) is -0.500. The molecular formula is C16H20N4O2. The van der Waals surface area contributed by atoms with Crippen molar-refractivity contribution in [3.63, 3.8) is 0 Å². The molecule has 1 heterocycles. The van der Waals surface area contributed by atoms with Crippen LogP contribution in [0, 0.1) is 0 Å². The average molecular weight is 300 g/mol. The molecule has 1 unspecified atom stereocenters. The molecule has 22 heavy (non-hydrogen) atoms. The van der Waals surface area contributed by atoms with Gasteiger partial charge in [-0.15, -0.1) is 0 Å². The molecular weight excluding hydrogens is 280 g/mol. The van der Waals surface area contributed by atoms with Crippen molar-refractivity contribution in [2.24, 2.45) is 0 Å². The Labute approximate surface area is 129 Å². The van der Waals surface area contributed by atoms with Gasteiger partial charge in [0, 0.05) is 19.1 Å². The monoisotopic (exact) mass is 300 g/mol. The molecule has 1 atom stereocenters. The first kappa shape index (κ1) is 15.9. The average Bonchev–Trinajstić information content (AvgIpc) is 2.48. The van der Waals surface area contributed by atoms with Crippen LogP contribution in [-0.4, -0.2) is 45.6 Å². The van der Waals surface area contributed by atoms with E-state index in [0.717, 1.165) is 13.1 Å². The van der Waals surface area contributed by atoms with Crippen LogP contribution in [0.4, 0.5) is 5.82 Å². The van der Waals surface area contributed by atoms with Gasteiger partial charge in [-0.1, -0.05) is 30.3 Å². The van der Waals surface area contributed by atoms with E-state index < -0.39 is 5.97 Å². The van der Waals surface area contributed by atoms with E-state index in [1.54, 1.807) is 0 Å². The van der Waals surface area contributed by atoms with E-state index >= 15 is 0 Å². The summed E-state index contributed by atoms with van der Waals surface area (Å²) in [6, 6.07) is 10.4. The smallest absolute Gasteiger partial charge is 0.356 e. The molecule has 0 saturated heterocycles. The van der Waals surface area contributed by atoms with E-state index in [-0.39, 0.29) is 11.7 Å². The highest BCUT2D eigenvalue weighted by Crippen LogP contribution is 2.06.